The van der Waals surface area contributed by atoms with Crippen molar-refractivity contribution < 1.29 is 14.3 Å². The normalized spacial score (nSPS) is 26.8. The van der Waals surface area contributed by atoms with E-state index in [1.165, 1.54) is 11.8 Å². The largest absolute Gasteiger partial charge is 0.376 e. The predicted molar refractivity (Wildman–Crippen MR) is 79.6 cm³/mol. The van der Waals surface area contributed by atoms with Gasteiger partial charge in [0.15, 0.2) is 0 Å². The van der Waals surface area contributed by atoms with Crippen molar-refractivity contribution >= 4 is 23.6 Å². The van der Waals surface area contributed by atoms with E-state index in [9.17, 15) is 9.59 Å². The lowest BCUT2D eigenvalue weighted by Gasteiger charge is -2.39. The number of methoxy groups -OCH3 is 1. The summed E-state index contributed by atoms with van der Waals surface area (Å²) in [6.45, 7) is 4.98. The number of likely N-dealkylation sites (tertiary alicyclic amines) is 1. The Morgan fingerprint density at radius 2 is 2.30 bits per heavy atom. The molecule has 0 radical (unpaired) electrons. The number of nitrogens with zero attached hydrogens (tertiary/aromatic N) is 1. The second-order valence-electron chi connectivity index (χ2n) is 5.41. The highest BCUT2D eigenvalue weighted by Gasteiger charge is 2.37. The number of thioether (sulfide) groups is 1. The topological polar surface area (TPSA) is 58.6 Å². The van der Waals surface area contributed by atoms with Crippen molar-refractivity contribution in [2.75, 3.05) is 38.2 Å². The van der Waals surface area contributed by atoms with E-state index in [-0.39, 0.29) is 23.3 Å². The molecule has 20 heavy (non-hydrogen) atoms. The molecule has 6 heteroatoms. The molecule has 2 aliphatic rings. The van der Waals surface area contributed by atoms with Crippen molar-refractivity contribution in [1.82, 2.24) is 10.2 Å². The molecule has 0 bridgehead atoms. The summed E-state index contributed by atoms with van der Waals surface area (Å²) in [5, 5.41) is 2.98. The summed E-state index contributed by atoms with van der Waals surface area (Å²) >= 11 is 1.87. The van der Waals surface area contributed by atoms with Crippen LogP contribution in [0.3, 0.4) is 0 Å². The number of ether oxygens (including phenoxy) is 1. The summed E-state index contributed by atoms with van der Waals surface area (Å²) in [4.78, 5) is 25.0. The van der Waals surface area contributed by atoms with Gasteiger partial charge >= 0.3 is 0 Å². The molecule has 1 unspecified atom stereocenters. The second kappa shape index (κ2) is 6.63. The summed E-state index contributed by atoms with van der Waals surface area (Å²) in [7, 11) is 1.71. The monoisotopic (exact) mass is 298 g/mol. The molecule has 1 atom stereocenters. The maximum atomic E-state index is 12.0. The molecule has 2 heterocycles. The molecule has 1 N–H and O–H groups in total. The molecule has 2 amide bonds. The molecule has 2 saturated heterocycles. The Kier molecular flexibility index (Phi) is 5.10. The SMILES string of the molecule is C=CC(=O)N1CC(C(=O)NCC2(OC)CCCSC2)C1. The third-order valence-corrected chi connectivity index (χ3v) is 5.35. The average molecular weight is 298 g/mol. The van der Waals surface area contributed by atoms with E-state index in [1.54, 1.807) is 12.0 Å². The lowest BCUT2D eigenvalue weighted by Crippen LogP contribution is -2.57. The van der Waals surface area contributed by atoms with Gasteiger partial charge in [-0.2, -0.15) is 11.8 Å². The van der Waals surface area contributed by atoms with Gasteiger partial charge in [-0.15, -0.1) is 0 Å². The summed E-state index contributed by atoms with van der Waals surface area (Å²) in [6, 6.07) is 0. The van der Waals surface area contributed by atoms with Crippen LogP contribution in [-0.4, -0.2) is 60.6 Å². The van der Waals surface area contributed by atoms with Gasteiger partial charge in [-0.1, -0.05) is 6.58 Å². The Hall–Kier alpha value is -1.01. The third kappa shape index (κ3) is 3.35. The summed E-state index contributed by atoms with van der Waals surface area (Å²) < 4.78 is 5.62. The number of hydrogen-bond donors (Lipinski definition) is 1. The van der Waals surface area contributed by atoms with Gasteiger partial charge in [0.1, 0.15) is 0 Å². The first-order chi connectivity index (χ1) is 9.60. The van der Waals surface area contributed by atoms with E-state index in [0.29, 0.717) is 19.6 Å². The fourth-order valence-corrected chi connectivity index (χ4v) is 3.77. The highest BCUT2D eigenvalue weighted by Crippen LogP contribution is 2.29. The summed E-state index contributed by atoms with van der Waals surface area (Å²) in [5.41, 5.74) is -0.223. The molecule has 0 saturated carbocycles. The molecule has 2 rings (SSSR count). The molecule has 0 aromatic carbocycles. The number of carbonyl (C=O) groups is 2. The van der Waals surface area contributed by atoms with E-state index < -0.39 is 0 Å². The smallest absolute Gasteiger partial charge is 0.246 e. The van der Waals surface area contributed by atoms with Gasteiger partial charge in [0.25, 0.3) is 0 Å². The van der Waals surface area contributed by atoms with Crippen molar-refractivity contribution in [3.8, 4) is 0 Å². The second-order valence-corrected chi connectivity index (χ2v) is 6.51. The van der Waals surface area contributed by atoms with Gasteiger partial charge in [-0.05, 0) is 24.7 Å². The van der Waals surface area contributed by atoms with Crippen LogP contribution in [0.5, 0.6) is 0 Å². The van der Waals surface area contributed by atoms with Crippen LogP contribution in [0, 0.1) is 5.92 Å². The lowest BCUT2D eigenvalue weighted by molar-refractivity contribution is -0.140. The minimum Gasteiger partial charge on any atom is -0.376 e. The van der Waals surface area contributed by atoms with Gasteiger partial charge in [-0.3, -0.25) is 9.59 Å². The third-order valence-electron chi connectivity index (χ3n) is 4.04. The van der Waals surface area contributed by atoms with Crippen LogP contribution < -0.4 is 5.32 Å². The van der Waals surface area contributed by atoms with E-state index in [1.807, 2.05) is 11.8 Å². The highest BCUT2D eigenvalue weighted by molar-refractivity contribution is 7.99. The maximum absolute atomic E-state index is 12.0. The highest BCUT2D eigenvalue weighted by atomic mass is 32.2. The molecule has 0 aromatic heterocycles. The van der Waals surface area contributed by atoms with Crippen LogP contribution in [0.4, 0.5) is 0 Å². The van der Waals surface area contributed by atoms with Crippen molar-refractivity contribution in [2.45, 2.75) is 18.4 Å². The zero-order valence-electron chi connectivity index (χ0n) is 11.9. The Bertz CT molecular complexity index is 388. The van der Waals surface area contributed by atoms with Crippen molar-refractivity contribution in [2.24, 2.45) is 5.92 Å². The van der Waals surface area contributed by atoms with E-state index in [2.05, 4.69) is 11.9 Å². The Labute approximate surface area is 124 Å². The maximum Gasteiger partial charge on any atom is 0.246 e. The van der Waals surface area contributed by atoms with Gasteiger partial charge in [0, 0.05) is 32.5 Å². The molecule has 0 spiro atoms. The number of carbonyl (C=O) groups excluding carboxylic acids is 2. The first kappa shape index (κ1) is 15.4. The van der Waals surface area contributed by atoms with Crippen molar-refractivity contribution in [3.63, 3.8) is 0 Å². The van der Waals surface area contributed by atoms with Gasteiger partial charge in [0.05, 0.1) is 11.5 Å². The molecular formula is C14H22N2O3S. The number of amides is 2. The number of nitrogens with one attached hydrogen (secondary N) is 1. The van der Waals surface area contributed by atoms with E-state index in [4.69, 9.17) is 4.74 Å². The Morgan fingerprint density at radius 3 is 2.85 bits per heavy atom. The van der Waals surface area contributed by atoms with Gasteiger partial charge < -0.3 is 15.0 Å². The molecule has 5 nitrogen and oxygen atoms in total. The van der Waals surface area contributed by atoms with E-state index >= 15 is 0 Å². The van der Waals surface area contributed by atoms with Crippen LogP contribution in [0.25, 0.3) is 0 Å². The molecule has 2 aliphatic heterocycles. The molecular weight excluding hydrogens is 276 g/mol. The van der Waals surface area contributed by atoms with Crippen LogP contribution in [0.15, 0.2) is 12.7 Å². The van der Waals surface area contributed by atoms with Crippen LogP contribution in [0.1, 0.15) is 12.8 Å². The van der Waals surface area contributed by atoms with E-state index in [0.717, 1.165) is 18.6 Å². The average Bonchev–Trinajstić information content (AvgIpc) is 2.44. The van der Waals surface area contributed by atoms with Gasteiger partial charge in [-0.25, -0.2) is 0 Å². The Morgan fingerprint density at radius 1 is 1.55 bits per heavy atom. The fourth-order valence-electron chi connectivity index (χ4n) is 2.55. The van der Waals surface area contributed by atoms with Crippen molar-refractivity contribution in [1.29, 1.82) is 0 Å². The first-order valence-electron chi connectivity index (χ1n) is 6.92. The molecule has 112 valence electrons. The molecule has 0 aromatic rings. The predicted octanol–water partition coefficient (Wildman–Crippen LogP) is 0.659. The van der Waals surface area contributed by atoms with Crippen LogP contribution >= 0.6 is 11.8 Å². The number of rotatable bonds is 5. The molecule has 2 fully saturated rings. The number of hydrogen-bond acceptors (Lipinski definition) is 4. The van der Waals surface area contributed by atoms with Crippen molar-refractivity contribution in [3.05, 3.63) is 12.7 Å². The zero-order chi connectivity index (χ0) is 14.6. The standard InChI is InChI=1S/C14H22N2O3S/c1-3-12(17)16-7-11(8-16)13(18)15-9-14(19-2)5-4-6-20-10-14/h3,11H,1,4-10H2,2H3,(H,15,18). The van der Waals surface area contributed by atoms with Crippen LogP contribution in [0.2, 0.25) is 0 Å². The molecule has 0 aliphatic carbocycles. The quantitative estimate of drug-likeness (QED) is 0.758. The minimum atomic E-state index is -0.223. The summed E-state index contributed by atoms with van der Waals surface area (Å²) in [5.74, 6) is 1.91. The minimum absolute atomic E-state index is 0.0186. The van der Waals surface area contributed by atoms with Gasteiger partial charge in [0.2, 0.25) is 11.8 Å². The van der Waals surface area contributed by atoms with Crippen LogP contribution in [-0.2, 0) is 14.3 Å². The fraction of sp³-hybridized carbons (Fsp3) is 0.714. The Balaban J connectivity index is 1.75. The summed E-state index contributed by atoms with van der Waals surface area (Å²) in [6.07, 6.45) is 3.40. The lowest BCUT2D eigenvalue weighted by atomic mass is 9.96. The zero-order valence-corrected chi connectivity index (χ0v) is 12.7. The first-order valence-corrected chi connectivity index (χ1v) is 8.08.